The molecule has 0 radical (unpaired) electrons. The predicted molar refractivity (Wildman–Crippen MR) is 75.5 cm³/mol. The van der Waals surface area contributed by atoms with E-state index in [0.717, 1.165) is 29.3 Å². The molecule has 8 heteroatoms. The van der Waals surface area contributed by atoms with Crippen molar-refractivity contribution in [3.05, 3.63) is 28.5 Å². The summed E-state index contributed by atoms with van der Waals surface area (Å²) in [6.45, 7) is 2.15. The zero-order valence-corrected chi connectivity index (χ0v) is 12.9. The Balaban J connectivity index is 2.50. The van der Waals surface area contributed by atoms with Gasteiger partial charge in [-0.3, -0.25) is 0 Å². The number of nitrogens with zero attached hydrogens (tertiary/aromatic N) is 1. The molecule has 5 nitrogen and oxygen atoms in total. The van der Waals surface area contributed by atoms with E-state index in [1.54, 1.807) is 6.92 Å². The van der Waals surface area contributed by atoms with E-state index in [1.807, 2.05) is 0 Å². The normalized spacial score (nSPS) is 15.4. The first kappa shape index (κ1) is 16.2. The molecule has 116 valence electrons. The molecule has 0 spiro atoms. The predicted octanol–water partition coefficient (Wildman–Crippen LogP) is 2.60. The van der Waals surface area contributed by atoms with Crippen molar-refractivity contribution in [3.63, 3.8) is 0 Å². The molecular weight excluding hydrogens is 321 g/mol. The Morgan fingerprint density at radius 2 is 2.10 bits per heavy atom. The molecule has 1 aromatic carbocycles. The highest BCUT2D eigenvalue weighted by Gasteiger charge is 2.33. The zero-order valence-electron chi connectivity index (χ0n) is 11.3. The molecule has 0 heterocycles. The van der Waals surface area contributed by atoms with Crippen LogP contribution in [-0.2, 0) is 10.0 Å². The van der Waals surface area contributed by atoms with Gasteiger partial charge in [-0.2, -0.15) is 4.31 Å². The molecule has 0 saturated heterocycles. The monoisotopic (exact) mass is 335 g/mol. The molecule has 1 fully saturated rings. The van der Waals surface area contributed by atoms with Crippen LogP contribution in [0.3, 0.4) is 0 Å². The summed E-state index contributed by atoms with van der Waals surface area (Å²) in [6, 6.07) is 1.85. The third kappa shape index (κ3) is 3.36. The average Bonchev–Trinajstić information content (AvgIpc) is 3.21. The summed E-state index contributed by atoms with van der Waals surface area (Å²) >= 11 is 5.73. The lowest BCUT2D eigenvalue weighted by atomic mass is 10.2. The van der Waals surface area contributed by atoms with Crippen LogP contribution < -0.4 is 0 Å². The highest BCUT2D eigenvalue weighted by atomic mass is 35.5. The van der Waals surface area contributed by atoms with Crippen LogP contribution in [0.4, 0.5) is 4.39 Å². The summed E-state index contributed by atoms with van der Waals surface area (Å²) in [5, 5.41) is 8.79. The third-order valence-corrected chi connectivity index (χ3v) is 5.52. The molecule has 1 aliphatic carbocycles. The topological polar surface area (TPSA) is 74.7 Å². The minimum Gasteiger partial charge on any atom is -0.478 e. The highest BCUT2D eigenvalue weighted by Crippen LogP contribution is 2.33. The number of halogens is 2. The molecule has 1 aliphatic rings. The minimum atomic E-state index is -4.10. The van der Waals surface area contributed by atoms with Gasteiger partial charge >= 0.3 is 5.97 Å². The van der Waals surface area contributed by atoms with Gasteiger partial charge in [0.05, 0.1) is 5.56 Å². The molecule has 1 N–H and O–H groups in total. The smallest absolute Gasteiger partial charge is 0.338 e. The summed E-state index contributed by atoms with van der Waals surface area (Å²) in [4.78, 5) is 10.3. The van der Waals surface area contributed by atoms with Crippen LogP contribution in [0, 0.1) is 11.7 Å². The maximum Gasteiger partial charge on any atom is 0.338 e. The second-order valence-electron chi connectivity index (χ2n) is 4.97. The Bertz CT molecular complexity index is 673. The summed E-state index contributed by atoms with van der Waals surface area (Å²) < 4.78 is 40.4. The van der Waals surface area contributed by atoms with Gasteiger partial charge < -0.3 is 5.11 Å². The van der Waals surface area contributed by atoms with Gasteiger partial charge in [-0.1, -0.05) is 18.5 Å². The quantitative estimate of drug-likeness (QED) is 0.867. The number of hydrogen-bond donors (Lipinski definition) is 1. The van der Waals surface area contributed by atoms with E-state index in [-0.39, 0.29) is 11.6 Å². The van der Waals surface area contributed by atoms with Gasteiger partial charge in [0.25, 0.3) is 0 Å². The third-order valence-electron chi connectivity index (χ3n) is 3.36. The fraction of sp³-hybridized carbons (Fsp3) is 0.462. The largest absolute Gasteiger partial charge is 0.478 e. The summed E-state index contributed by atoms with van der Waals surface area (Å²) in [6.07, 6.45) is 1.90. The maximum absolute atomic E-state index is 14.2. The van der Waals surface area contributed by atoms with Gasteiger partial charge in [0.2, 0.25) is 10.0 Å². The van der Waals surface area contributed by atoms with Crippen LogP contribution in [0.1, 0.15) is 30.1 Å². The van der Waals surface area contributed by atoms with Crippen molar-refractivity contribution in [1.29, 1.82) is 0 Å². The fourth-order valence-corrected chi connectivity index (χ4v) is 3.95. The number of sulfonamides is 1. The van der Waals surface area contributed by atoms with Crippen LogP contribution in [0.25, 0.3) is 0 Å². The van der Waals surface area contributed by atoms with Gasteiger partial charge in [0.1, 0.15) is 4.90 Å². The van der Waals surface area contributed by atoms with Gasteiger partial charge in [-0.15, -0.1) is 0 Å². The van der Waals surface area contributed by atoms with Gasteiger partial charge in [0.15, 0.2) is 5.82 Å². The van der Waals surface area contributed by atoms with Gasteiger partial charge in [-0.05, 0) is 30.9 Å². The van der Waals surface area contributed by atoms with Gasteiger partial charge in [0, 0.05) is 18.1 Å². The molecule has 2 rings (SSSR count). The Kier molecular flexibility index (Phi) is 4.55. The Morgan fingerprint density at radius 3 is 2.57 bits per heavy atom. The second kappa shape index (κ2) is 5.90. The first-order valence-electron chi connectivity index (χ1n) is 6.49. The van der Waals surface area contributed by atoms with E-state index in [9.17, 15) is 17.6 Å². The maximum atomic E-state index is 14.2. The molecule has 0 amide bonds. The molecule has 0 aromatic heterocycles. The van der Waals surface area contributed by atoms with Crippen molar-refractivity contribution < 1.29 is 22.7 Å². The Labute approximate surface area is 127 Å². The fourth-order valence-electron chi connectivity index (χ4n) is 2.03. The number of carboxylic acids is 1. The zero-order chi connectivity index (χ0) is 15.8. The molecule has 0 atom stereocenters. The van der Waals surface area contributed by atoms with Crippen molar-refractivity contribution in [1.82, 2.24) is 4.31 Å². The number of carboxylic acid groups (broad SMARTS) is 1. The summed E-state index contributed by atoms with van der Waals surface area (Å²) in [7, 11) is -4.10. The number of benzene rings is 1. The number of hydrogen-bond acceptors (Lipinski definition) is 3. The van der Waals surface area contributed by atoms with E-state index < -0.39 is 32.3 Å². The second-order valence-corrected chi connectivity index (χ2v) is 7.31. The van der Waals surface area contributed by atoms with Crippen LogP contribution in [0.5, 0.6) is 0 Å². The van der Waals surface area contributed by atoms with E-state index in [1.165, 1.54) is 0 Å². The molecule has 0 unspecified atom stereocenters. The van der Waals surface area contributed by atoms with Crippen LogP contribution in [-0.4, -0.2) is 36.9 Å². The summed E-state index contributed by atoms with van der Waals surface area (Å²) in [5.41, 5.74) is -0.747. The van der Waals surface area contributed by atoms with E-state index in [2.05, 4.69) is 0 Å². The number of aromatic carboxylic acids is 1. The Hall–Kier alpha value is -1.18. The van der Waals surface area contributed by atoms with Gasteiger partial charge in [-0.25, -0.2) is 17.6 Å². The van der Waals surface area contributed by atoms with E-state index in [4.69, 9.17) is 16.7 Å². The van der Waals surface area contributed by atoms with Crippen molar-refractivity contribution in [2.24, 2.45) is 5.92 Å². The van der Waals surface area contributed by atoms with Crippen LogP contribution in [0.2, 0.25) is 5.02 Å². The van der Waals surface area contributed by atoms with Crippen LogP contribution >= 0.6 is 11.6 Å². The van der Waals surface area contributed by atoms with E-state index >= 15 is 0 Å². The van der Waals surface area contributed by atoms with Crippen LogP contribution in [0.15, 0.2) is 17.0 Å². The summed E-state index contributed by atoms with van der Waals surface area (Å²) in [5.74, 6) is -2.54. The SMILES string of the molecule is CCN(CC1CC1)S(=O)(=O)c1cc(Cl)cc(C(=O)O)c1F. The molecular formula is C13H15ClFNO4S. The Morgan fingerprint density at radius 1 is 1.48 bits per heavy atom. The molecule has 1 aromatic rings. The lowest BCUT2D eigenvalue weighted by molar-refractivity contribution is 0.0691. The minimum absolute atomic E-state index is 0.130. The molecule has 21 heavy (non-hydrogen) atoms. The average molecular weight is 336 g/mol. The first-order chi connectivity index (χ1) is 9.77. The molecule has 0 bridgehead atoms. The number of carbonyl (C=O) groups is 1. The lowest BCUT2D eigenvalue weighted by Crippen LogP contribution is -2.33. The first-order valence-corrected chi connectivity index (χ1v) is 8.31. The van der Waals surface area contributed by atoms with Crippen molar-refractivity contribution in [2.75, 3.05) is 13.1 Å². The molecule has 1 saturated carbocycles. The highest BCUT2D eigenvalue weighted by molar-refractivity contribution is 7.89. The van der Waals surface area contributed by atoms with Crippen molar-refractivity contribution in [3.8, 4) is 0 Å². The van der Waals surface area contributed by atoms with Crippen molar-refractivity contribution in [2.45, 2.75) is 24.7 Å². The lowest BCUT2D eigenvalue weighted by Gasteiger charge is -2.21. The standard InChI is InChI=1S/C13H15ClFNO4S/c1-2-16(7-8-3-4-8)21(19,20)11-6-9(14)5-10(12(11)15)13(17)18/h5-6,8H,2-4,7H2,1H3,(H,17,18). The number of rotatable bonds is 6. The van der Waals surface area contributed by atoms with E-state index in [0.29, 0.717) is 12.5 Å². The van der Waals surface area contributed by atoms with Crippen molar-refractivity contribution >= 4 is 27.6 Å². The molecule has 0 aliphatic heterocycles.